The Morgan fingerprint density at radius 1 is 1.32 bits per heavy atom. The molecule has 0 bridgehead atoms. The van der Waals surface area contributed by atoms with Crippen molar-refractivity contribution in [3.8, 4) is 0 Å². The van der Waals surface area contributed by atoms with Gasteiger partial charge in [-0.2, -0.15) is 0 Å². The van der Waals surface area contributed by atoms with Gasteiger partial charge in [-0.15, -0.1) is 0 Å². The zero-order valence-electron chi connectivity index (χ0n) is 24.4. The lowest BCUT2D eigenvalue weighted by Gasteiger charge is -2.42. The molecular weight excluding hydrogens is 732 g/mol. The van der Waals surface area contributed by atoms with Gasteiger partial charge in [-0.3, -0.25) is 4.79 Å². The van der Waals surface area contributed by atoms with Crippen molar-refractivity contribution in [2.45, 2.75) is 96.6 Å². The summed E-state index contributed by atoms with van der Waals surface area (Å²) >= 11 is 11.6. The lowest BCUT2D eigenvalue weighted by atomic mass is 9.94. The van der Waals surface area contributed by atoms with Crippen LogP contribution < -0.4 is 5.32 Å². The Morgan fingerprint density at radius 2 is 1.98 bits per heavy atom. The quantitative estimate of drug-likeness (QED) is 0.0998. The summed E-state index contributed by atoms with van der Waals surface area (Å²) in [7, 11) is -1.97. The van der Waals surface area contributed by atoms with Crippen LogP contribution in [-0.4, -0.2) is 61.4 Å². The number of nitrogens with zero attached hydrogens (tertiary/aromatic N) is 2. The molecule has 1 saturated heterocycles. The number of carbonyl (C=O) groups is 2. The summed E-state index contributed by atoms with van der Waals surface area (Å²) in [6.45, 7) is 17.6. The van der Waals surface area contributed by atoms with E-state index in [0.29, 0.717) is 57.8 Å². The monoisotopic (exact) mass is 769 g/mol. The highest BCUT2D eigenvalue weighted by Crippen LogP contribution is 2.39. The molecule has 0 radical (unpaired) electrons. The molecule has 0 spiro atoms. The van der Waals surface area contributed by atoms with E-state index in [2.05, 4.69) is 60.1 Å². The molecule has 1 fully saturated rings. The van der Waals surface area contributed by atoms with Gasteiger partial charge in [0.2, 0.25) is 0 Å². The molecule has 1 aromatic carbocycles. The summed E-state index contributed by atoms with van der Waals surface area (Å²) in [6.07, 6.45) is 2.13. The molecule has 2 aromatic rings. The van der Waals surface area contributed by atoms with Crippen LogP contribution in [0.5, 0.6) is 0 Å². The Hall–Kier alpha value is -1.02. The van der Waals surface area contributed by atoms with Crippen molar-refractivity contribution in [1.82, 2.24) is 9.88 Å². The van der Waals surface area contributed by atoms with Gasteiger partial charge in [-0.25, -0.2) is 14.2 Å². The maximum atomic E-state index is 15.1. The SMILES string of the molecule is CC(C)(C)OC(=O)N1CC[C@H](Nc2c(C=O)c(Cl)nc3c(F)c(Br)c(I)cc23)C[C@H]1CCO[Si](C)(C)C(C)(C)C. The van der Waals surface area contributed by atoms with E-state index in [1.807, 2.05) is 43.4 Å². The van der Waals surface area contributed by atoms with Crippen LogP contribution in [-0.2, 0) is 9.16 Å². The number of ether oxygens (including phenoxy) is 1. The highest BCUT2D eigenvalue weighted by Gasteiger charge is 2.39. The maximum absolute atomic E-state index is 15.1. The number of fused-ring (bicyclic) bond motifs is 1. The minimum atomic E-state index is -1.97. The van der Waals surface area contributed by atoms with Gasteiger partial charge in [0.05, 0.1) is 15.7 Å². The largest absolute Gasteiger partial charge is 0.444 e. The zero-order valence-corrected chi connectivity index (χ0v) is 29.9. The fourth-order valence-electron chi connectivity index (χ4n) is 4.44. The minimum absolute atomic E-state index is 0.0671. The van der Waals surface area contributed by atoms with Gasteiger partial charge in [0.1, 0.15) is 16.3 Å². The number of hydrogen-bond acceptors (Lipinski definition) is 6. The molecule has 1 aliphatic heterocycles. The second-order valence-corrected chi connectivity index (χ2v) is 19.9. The fourth-order valence-corrected chi connectivity index (χ4v) is 6.58. The number of rotatable bonds is 7. The van der Waals surface area contributed by atoms with Crippen LogP contribution in [0.15, 0.2) is 10.5 Å². The summed E-state index contributed by atoms with van der Waals surface area (Å²) < 4.78 is 28.2. The van der Waals surface area contributed by atoms with Gasteiger partial charge in [0, 0.05) is 34.2 Å². The predicted molar refractivity (Wildman–Crippen MR) is 174 cm³/mol. The molecule has 40 heavy (non-hydrogen) atoms. The van der Waals surface area contributed by atoms with E-state index < -0.39 is 19.7 Å². The van der Waals surface area contributed by atoms with E-state index in [9.17, 15) is 9.59 Å². The van der Waals surface area contributed by atoms with Crippen LogP contribution in [0.3, 0.4) is 0 Å². The lowest BCUT2D eigenvalue weighted by molar-refractivity contribution is 0.00624. The summed E-state index contributed by atoms with van der Waals surface area (Å²) in [5.41, 5.74) is 0.0892. The van der Waals surface area contributed by atoms with Gasteiger partial charge < -0.3 is 19.4 Å². The Kier molecular flexibility index (Phi) is 10.6. The van der Waals surface area contributed by atoms with E-state index >= 15 is 4.39 Å². The third-order valence-corrected chi connectivity index (χ3v) is 14.8. The summed E-state index contributed by atoms with van der Waals surface area (Å²) in [5, 5.41) is 3.96. The van der Waals surface area contributed by atoms with E-state index in [1.165, 1.54) is 0 Å². The Labute approximate surface area is 264 Å². The van der Waals surface area contributed by atoms with E-state index in [-0.39, 0.29) is 39.4 Å². The normalized spacial score (nSPS) is 18.6. The first-order valence-electron chi connectivity index (χ1n) is 13.4. The van der Waals surface area contributed by atoms with Crippen molar-refractivity contribution in [2.24, 2.45) is 0 Å². The second kappa shape index (κ2) is 12.7. The molecule has 222 valence electrons. The molecule has 1 amide bonds. The Morgan fingerprint density at radius 3 is 2.55 bits per heavy atom. The van der Waals surface area contributed by atoms with Crippen LogP contribution in [0.25, 0.3) is 10.9 Å². The average Bonchev–Trinajstić information content (AvgIpc) is 2.82. The summed E-state index contributed by atoms with van der Waals surface area (Å²) in [6, 6.07) is 1.52. The van der Waals surface area contributed by atoms with Crippen molar-refractivity contribution in [3.63, 3.8) is 0 Å². The Bertz CT molecular complexity index is 1290. The molecule has 2 heterocycles. The number of aldehydes is 1. The van der Waals surface area contributed by atoms with Crippen molar-refractivity contribution < 1.29 is 23.1 Å². The third-order valence-electron chi connectivity index (χ3n) is 7.64. The summed E-state index contributed by atoms with van der Waals surface area (Å²) in [4.78, 5) is 31.2. The first-order chi connectivity index (χ1) is 18.4. The van der Waals surface area contributed by atoms with Crippen molar-refractivity contribution in [3.05, 3.63) is 30.6 Å². The number of benzene rings is 1. The van der Waals surface area contributed by atoms with E-state index in [1.54, 1.807) is 11.0 Å². The third kappa shape index (κ3) is 7.67. The van der Waals surface area contributed by atoms with Crippen LogP contribution in [0.2, 0.25) is 23.3 Å². The number of carbonyl (C=O) groups excluding carboxylic acids is 2. The van der Waals surface area contributed by atoms with Crippen LogP contribution in [0, 0.1) is 9.39 Å². The smallest absolute Gasteiger partial charge is 0.410 e. The number of likely N-dealkylation sites (tertiary alicyclic amines) is 1. The van der Waals surface area contributed by atoms with Crippen molar-refractivity contribution >= 4 is 87.4 Å². The number of hydrogen-bond donors (Lipinski definition) is 1. The number of anilines is 1. The number of piperidine rings is 1. The highest BCUT2D eigenvalue weighted by atomic mass is 127. The molecule has 0 saturated carbocycles. The number of aromatic nitrogens is 1. The standard InChI is InChI=1S/C28H39BrClFIN3O4Si/c1-27(2,3)39-26(37)35-11-9-16(13-17(35)10-12-38-40(7,8)28(4,5)6)33-23-18-14-20(32)21(29)22(31)24(18)34-25(30)19(23)15-36/h14-17H,9-13H2,1-8H3,(H,33,34)/t16-,17+/m0/s1. The molecule has 1 N–H and O–H groups in total. The van der Waals surface area contributed by atoms with Gasteiger partial charge in [0.15, 0.2) is 20.4 Å². The first-order valence-corrected chi connectivity index (χ1v) is 18.5. The zero-order chi connectivity index (χ0) is 30.2. The minimum Gasteiger partial charge on any atom is -0.444 e. The topological polar surface area (TPSA) is 80.8 Å². The van der Waals surface area contributed by atoms with Crippen LogP contribution >= 0.6 is 50.1 Å². The van der Waals surface area contributed by atoms with Crippen LogP contribution in [0.1, 0.15) is 71.2 Å². The summed E-state index contributed by atoms with van der Waals surface area (Å²) in [5.74, 6) is -0.537. The van der Waals surface area contributed by atoms with Gasteiger partial charge in [-0.05, 0) is 103 Å². The molecule has 0 aliphatic carbocycles. The lowest BCUT2D eigenvalue weighted by Crippen LogP contribution is -2.51. The highest BCUT2D eigenvalue weighted by molar-refractivity contribution is 14.1. The van der Waals surface area contributed by atoms with Gasteiger partial charge in [-0.1, -0.05) is 32.4 Å². The molecule has 7 nitrogen and oxygen atoms in total. The molecule has 1 aliphatic rings. The van der Waals surface area contributed by atoms with E-state index in [4.69, 9.17) is 20.8 Å². The Balaban J connectivity index is 1.92. The first kappa shape index (κ1) is 33.5. The molecular formula is C28H39BrClFIN3O4Si. The van der Waals surface area contributed by atoms with Gasteiger partial charge >= 0.3 is 6.09 Å². The number of amides is 1. The van der Waals surface area contributed by atoms with Crippen molar-refractivity contribution in [2.75, 3.05) is 18.5 Å². The maximum Gasteiger partial charge on any atom is 0.410 e. The van der Waals surface area contributed by atoms with Crippen molar-refractivity contribution in [1.29, 1.82) is 0 Å². The van der Waals surface area contributed by atoms with E-state index in [0.717, 1.165) is 0 Å². The average molecular weight is 771 g/mol. The molecule has 12 heteroatoms. The molecule has 2 atom stereocenters. The number of pyridine rings is 1. The molecule has 1 aromatic heterocycles. The van der Waals surface area contributed by atoms with Gasteiger partial charge in [0.25, 0.3) is 0 Å². The fraction of sp³-hybridized carbons (Fsp3) is 0.607. The number of nitrogens with one attached hydrogen (secondary N) is 1. The predicted octanol–water partition coefficient (Wildman–Crippen LogP) is 8.80. The second-order valence-electron chi connectivity index (χ2n) is 12.8. The molecule has 3 rings (SSSR count). The number of halogens is 4. The van der Waals surface area contributed by atoms with Crippen LogP contribution in [0.4, 0.5) is 14.9 Å². The molecule has 0 unspecified atom stereocenters.